The van der Waals surface area contributed by atoms with Gasteiger partial charge in [0.25, 0.3) is 11.8 Å². The van der Waals surface area contributed by atoms with Crippen molar-refractivity contribution in [2.24, 2.45) is 0 Å². The molecule has 0 radical (unpaired) electrons. The van der Waals surface area contributed by atoms with Crippen molar-refractivity contribution >= 4 is 33.5 Å². The highest BCUT2D eigenvalue weighted by molar-refractivity contribution is 7.89. The van der Waals surface area contributed by atoms with E-state index < -0.39 is 52.6 Å². The highest BCUT2D eigenvalue weighted by Gasteiger charge is 2.21. The second-order valence-corrected chi connectivity index (χ2v) is 8.60. The normalized spacial score (nSPS) is 11.2. The minimum absolute atomic E-state index is 0.0337. The number of sulfonamides is 1. The Balaban J connectivity index is 1.84. The van der Waals surface area contributed by atoms with Gasteiger partial charge in [-0.1, -0.05) is 13.8 Å². The van der Waals surface area contributed by atoms with E-state index in [-0.39, 0.29) is 16.1 Å². The van der Waals surface area contributed by atoms with Crippen LogP contribution in [0.1, 0.15) is 24.2 Å². The van der Waals surface area contributed by atoms with Crippen molar-refractivity contribution in [3.8, 4) is 0 Å². The first-order valence-electron chi connectivity index (χ1n) is 9.86. The van der Waals surface area contributed by atoms with E-state index in [9.17, 15) is 31.6 Å². The zero-order chi connectivity index (χ0) is 24.6. The first-order valence-corrected chi connectivity index (χ1v) is 11.3. The zero-order valence-corrected chi connectivity index (χ0v) is 18.7. The first-order chi connectivity index (χ1) is 15.6. The van der Waals surface area contributed by atoms with Gasteiger partial charge in [-0.15, -0.1) is 0 Å². The minimum atomic E-state index is -3.66. The smallest absolute Gasteiger partial charge is 0.325 e. The van der Waals surface area contributed by atoms with Crippen LogP contribution < -0.4 is 10.6 Å². The maximum Gasteiger partial charge on any atom is 0.325 e. The van der Waals surface area contributed by atoms with Gasteiger partial charge in [0.05, 0.1) is 4.90 Å². The van der Waals surface area contributed by atoms with Gasteiger partial charge >= 0.3 is 5.97 Å². The molecule has 0 saturated carbocycles. The number of carbonyl (C=O) groups excluding carboxylic acids is 3. The number of esters is 1. The van der Waals surface area contributed by atoms with E-state index in [1.165, 1.54) is 28.6 Å². The fourth-order valence-electron chi connectivity index (χ4n) is 2.77. The van der Waals surface area contributed by atoms with Gasteiger partial charge in [0, 0.05) is 30.4 Å². The average molecular weight is 483 g/mol. The molecule has 12 heteroatoms. The van der Waals surface area contributed by atoms with Crippen molar-refractivity contribution in [3.05, 3.63) is 59.7 Å². The maximum absolute atomic E-state index is 13.1. The molecule has 2 aromatic carbocycles. The van der Waals surface area contributed by atoms with E-state index in [0.717, 1.165) is 12.1 Å². The van der Waals surface area contributed by atoms with Gasteiger partial charge in [0.15, 0.2) is 6.61 Å². The molecule has 2 amide bonds. The van der Waals surface area contributed by atoms with Gasteiger partial charge in [0.1, 0.15) is 18.2 Å². The molecule has 0 unspecified atom stereocenters. The molecule has 0 aliphatic rings. The van der Waals surface area contributed by atoms with Crippen molar-refractivity contribution in [1.29, 1.82) is 0 Å². The molecule has 0 aromatic heterocycles. The van der Waals surface area contributed by atoms with Crippen LogP contribution in [-0.4, -0.2) is 56.7 Å². The van der Waals surface area contributed by atoms with E-state index in [1.807, 2.05) is 0 Å². The predicted octanol–water partition coefficient (Wildman–Crippen LogP) is 1.91. The summed E-state index contributed by atoms with van der Waals surface area (Å²) >= 11 is 0. The number of benzene rings is 2. The van der Waals surface area contributed by atoms with Gasteiger partial charge in [-0.2, -0.15) is 4.31 Å². The first kappa shape index (κ1) is 25.9. The van der Waals surface area contributed by atoms with Crippen LogP contribution in [0.3, 0.4) is 0 Å². The molecule has 33 heavy (non-hydrogen) atoms. The number of carbonyl (C=O) groups is 3. The third-order valence-electron chi connectivity index (χ3n) is 4.36. The van der Waals surface area contributed by atoms with Crippen molar-refractivity contribution in [1.82, 2.24) is 9.62 Å². The Hall–Kier alpha value is -3.38. The van der Waals surface area contributed by atoms with Gasteiger partial charge in [0.2, 0.25) is 10.0 Å². The molecule has 0 aliphatic carbocycles. The van der Waals surface area contributed by atoms with E-state index in [2.05, 4.69) is 10.6 Å². The van der Waals surface area contributed by atoms with Crippen LogP contribution in [0.5, 0.6) is 0 Å². The fraction of sp³-hybridized carbons (Fsp3) is 0.286. The number of amides is 2. The van der Waals surface area contributed by atoms with Crippen LogP contribution in [-0.2, 0) is 24.3 Å². The number of rotatable bonds is 10. The number of ether oxygens (including phenoxy) is 1. The van der Waals surface area contributed by atoms with E-state index in [4.69, 9.17) is 4.74 Å². The third-order valence-corrected chi connectivity index (χ3v) is 6.43. The van der Waals surface area contributed by atoms with Crippen molar-refractivity contribution < 1.29 is 36.3 Å². The summed E-state index contributed by atoms with van der Waals surface area (Å²) in [5.41, 5.74) is -0.0273. The molecule has 9 nitrogen and oxygen atoms in total. The van der Waals surface area contributed by atoms with Gasteiger partial charge in [-0.05, 0) is 36.4 Å². The molecule has 2 aromatic rings. The monoisotopic (exact) mass is 483 g/mol. The van der Waals surface area contributed by atoms with E-state index in [1.54, 1.807) is 13.8 Å². The fourth-order valence-corrected chi connectivity index (χ4v) is 4.22. The Morgan fingerprint density at radius 2 is 1.55 bits per heavy atom. The molecule has 0 fully saturated rings. The molecule has 0 spiro atoms. The maximum atomic E-state index is 13.1. The van der Waals surface area contributed by atoms with Crippen LogP contribution in [0, 0.1) is 11.6 Å². The Bertz CT molecular complexity index is 1100. The topological polar surface area (TPSA) is 122 Å². The molecule has 0 bridgehead atoms. The van der Waals surface area contributed by atoms with Crippen LogP contribution in [0.4, 0.5) is 14.5 Å². The number of hydrogen-bond donors (Lipinski definition) is 2. The summed E-state index contributed by atoms with van der Waals surface area (Å²) in [6.45, 7) is 2.76. The van der Waals surface area contributed by atoms with Crippen molar-refractivity contribution in [3.63, 3.8) is 0 Å². The van der Waals surface area contributed by atoms with Crippen LogP contribution in [0.25, 0.3) is 0 Å². The molecule has 0 atom stereocenters. The predicted molar refractivity (Wildman–Crippen MR) is 115 cm³/mol. The number of nitrogens with one attached hydrogen (secondary N) is 2. The highest BCUT2D eigenvalue weighted by Crippen LogP contribution is 2.16. The molecule has 0 aliphatic heterocycles. The molecular weight excluding hydrogens is 460 g/mol. The van der Waals surface area contributed by atoms with Crippen molar-refractivity contribution in [2.75, 3.05) is 31.6 Å². The summed E-state index contributed by atoms with van der Waals surface area (Å²) < 4.78 is 57.1. The Kier molecular flexibility index (Phi) is 9.00. The van der Waals surface area contributed by atoms with Gasteiger partial charge in [-0.3, -0.25) is 14.4 Å². The Labute approximate surface area is 189 Å². The summed E-state index contributed by atoms with van der Waals surface area (Å²) in [4.78, 5) is 35.7. The van der Waals surface area contributed by atoms with Gasteiger partial charge in [-0.25, -0.2) is 17.2 Å². The zero-order valence-electron chi connectivity index (χ0n) is 17.9. The lowest BCUT2D eigenvalue weighted by atomic mass is 10.2. The average Bonchev–Trinajstić information content (AvgIpc) is 2.76. The van der Waals surface area contributed by atoms with Crippen molar-refractivity contribution in [2.45, 2.75) is 18.7 Å². The summed E-state index contributed by atoms with van der Waals surface area (Å²) in [6, 6.07) is 7.62. The van der Waals surface area contributed by atoms with Gasteiger partial charge < -0.3 is 15.4 Å². The van der Waals surface area contributed by atoms with Crippen LogP contribution in [0.15, 0.2) is 47.4 Å². The molecule has 2 N–H and O–H groups in total. The summed E-state index contributed by atoms with van der Waals surface area (Å²) in [7, 11) is -3.66. The second kappa shape index (κ2) is 11.5. The molecule has 178 valence electrons. The van der Waals surface area contributed by atoms with Crippen LogP contribution >= 0.6 is 0 Å². The molecule has 0 saturated heterocycles. The standard InChI is InChI=1S/C21H23F2N3O6S/c1-3-26(4-2)33(30,31)18-7-5-14(6-8-18)21(29)24-12-20(28)32-13-19(27)25-17-10-15(22)9-16(23)11-17/h5-11H,3-4,12-13H2,1-2H3,(H,24,29)(H,25,27). The highest BCUT2D eigenvalue weighted by atomic mass is 32.2. The quantitative estimate of drug-likeness (QED) is 0.498. The lowest BCUT2D eigenvalue weighted by molar-refractivity contribution is -0.146. The second-order valence-electron chi connectivity index (χ2n) is 6.66. The number of halogens is 2. The third kappa shape index (κ3) is 7.32. The largest absolute Gasteiger partial charge is 0.454 e. The molecular formula is C21H23F2N3O6S. The number of anilines is 1. The van der Waals surface area contributed by atoms with E-state index in [0.29, 0.717) is 19.2 Å². The SMILES string of the molecule is CCN(CC)S(=O)(=O)c1ccc(C(=O)NCC(=O)OCC(=O)Nc2cc(F)cc(F)c2)cc1. The number of hydrogen-bond acceptors (Lipinski definition) is 6. The van der Waals surface area contributed by atoms with Crippen LogP contribution in [0.2, 0.25) is 0 Å². The Morgan fingerprint density at radius 3 is 2.09 bits per heavy atom. The molecule has 2 rings (SSSR count). The number of nitrogens with zero attached hydrogens (tertiary/aromatic N) is 1. The van der Waals surface area contributed by atoms with E-state index >= 15 is 0 Å². The summed E-state index contributed by atoms with van der Waals surface area (Å²) in [6.07, 6.45) is 0. The Morgan fingerprint density at radius 1 is 0.970 bits per heavy atom. The lowest BCUT2D eigenvalue weighted by Crippen LogP contribution is -2.32. The molecule has 0 heterocycles. The lowest BCUT2D eigenvalue weighted by Gasteiger charge is -2.18. The summed E-state index contributed by atoms with van der Waals surface area (Å²) in [5, 5.41) is 4.45. The minimum Gasteiger partial charge on any atom is -0.454 e. The summed E-state index contributed by atoms with van der Waals surface area (Å²) in [5.74, 6) is -4.18.